The molecule has 5 rings (SSSR count). The van der Waals surface area contributed by atoms with E-state index in [4.69, 9.17) is 10.5 Å². The van der Waals surface area contributed by atoms with E-state index in [9.17, 15) is 43.4 Å². The van der Waals surface area contributed by atoms with E-state index in [2.05, 4.69) is 5.32 Å². The average molecular weight is 582 g/mol. The number of benzene rings is 2. The largest absolute Gasteiger partial charge is 0.505 e. The van der Waals surface area contributed by atoms with Gasteiger partial charge < -0.3 is 20.7 Å². The molecule has 3 aliphatic rings. The van der Waals surface area contributed by atoms with Crippen molar-refractivity contribution < 1.29 is 48.1 Å². The number of Topliss-reactive ketones (excluding diaryl/α,β-unsaturated/α-hetero) is 4. The number of aliphatic hydroxyl groups is 1. The fraction of sp³-hybridized carbons (Fsp3) is 0.379. The minimum atomic E-state index is -1.91. The van der Waals surface area contributed by atoms with Gasteiger partial charge in [-0.1, -0.05) is 13.0 Å². The number of carbonyl (C=O) groups excluding carboxylic acids is 6. The quantitative estimate of drug-likeness (QED) is 0.299. The van der Waals surface area contributed by atoms with Gasteiger partial charge in [0.15, 0.2) is 29.1 Å². The lowest BCUT2D eigenvalue weighted by Crippen LogP contribution is -2.69. The number of aliphatic hydroxyl groups excluding tert-OH is 1. The second kappa shape index (κ2) is 10.4. The maximum atomic E-state index is 13.9. The van der Waals surface area contributed by atoms with Crippen LogP contribution in [0.2, 0.25) is 0 Å². The third kappa shape index (κ3) is 4.36. The Morgan fingerprint density at radius 3 is 2.19 bits per heavy atom. The first kappa shape index (κ1) is 29.0. The van der Waals surface area contributed by atoms with Crippen LogP contribution in [0.4, 0.5) is 14.9 Å². The van der Waals surface area contributed by atoms with Crippen molar-refractivity contribution in [2.75, 3.05) is 19.4 Å². The monoisotopic (exact) mass is 581 g/mol. The molecule has 2 fully saturated rings. The summed E-state index contributed by atoms with van der Waals surface area (Å²) in [5.41, 5.74) is 5.14. The Labute approximate surface area is 238 Å². The topological polar surface area (TPSA) is 193 Å². The molecule has 0 saturated heterocycles. The first-order chi connectivity index (χ1) is 19.8. The van der Waals surface area contributed by atoms with Crippen LogP contribution in [0.1, 0.15) is 28.8 Å². The van der Waals surface area contributed by atoms with Crippen LogP contribution in [0.3, 0.4) is 0 Å². The van der Waals surface area contributed by atoms with Gasteiger partial charge in [-0.05, 0) is 55.9 Å². The first-order valence-corrected chi connectivity index (χ1v) is 13.2. The minimum Gasteiger partial charge on any atom is -0.505 e. The van der Waals surface area contributed by atoms with Crippen LogP contribution in [0.5, 0.6) is 11.5 Å². The molecule has 0 aliphatic heterocycles. The number of ether oxygens (including phenoxy) is 1. The SMILES string of the molecule is C[C@H]1c2ccc(NC(=O)Oc3ccc(F)cc3)c(O)c2C(=O)C2C(=O)C3C(=O)C(C(N)=O)C(=O)[C@@H](N(C)C)C3[C@@H](O)C21. The number of halogens is 1. The van der Waals surface area contributed by atoms with Crippen molar-refractivity contribution in [3.05, 3.63) is 53.3 Å². The Morgan fingerprint density at radius 1 is 0.952 bits per heavy atom. The third-order valence-electron chi connectivity index (χ3n) is 8.61. The van der Waals surface area contributed by atoms with E-state index in [1.165, 1.54) is 43.3 Å². The molecule has 12 nitrogen and oxygen atoms in total. The number of aromatic hydroxyl groups is 1. The molecule has 2 amide bonds. The number of hydrogen-bond donors (Lipinski definition) is 4. The molecule has 13 heteroatoms. The number of nitrogens with two attached hydrogens (primary N) is 1. The molecular weight excluding hydrogens is 553 g/mol. The number of amides is 2. The number of phenols is 1. The molecular formula is C29H28FN3O9. The van der Waals surface area contributed by atoms with Crippen molar-refractivity contribution in [2.24, 2.45) is 35.3 Å². The number of rotatable bonds is 4. The Balaban J connectivity index is 1.52. The lowest BCUT2D eigenvalue weighted by atomic mass is 9.51. The molecule has 0 spiro atoms. The van der Waals surface area contributed by atoms with Gasteiger partial charge in [-0.15, -0.1) is 0 Å². The molecule has 42 heavy (non-hydrogen) atoms. The van der Waals surface area contributed by atoms with Crippen LogP contribution in [0.15, 0.2) is 36.4 Å². The van der Waals surface area contributed by atoms with Crippen molar-refractivity contribution in [1.29, 1.82) is 0 Å². The maximum Gasteiger partial charge on any atom is 0.417 e. The molecule has 2 aromatic carbocycles. The summed E-state index contributed by atoms with van der Waals surface area (Å²) in [4.78, 5) is 80.3. The predicted octanol–water partition coefficient (Wildman–Crippen LogP) is 1.03. The number of fused-ring (bicyclic) bond motifs is 3. The number of nitrogens with zero attached hydrogens (tertiary/aromatic N) is 1. The van der Waals surface area contributed by atoms with Gasteiger partial charge >= 0.3 is 6.09 Å². The van der Waals surface area contributed by atoms with E-state index >= 15 is 0 Å². The summed E-state index contributed by atoms with van der Waals surface area (Å²) in [6, 6.07) is 6.16. The maximum absolute atomic E-state index is 13.9. The van der Waals surface area contributed by atoms with Gasteiger partial charge in [-0.25, -0.2) is 9.18 Å². The van der Waals surface area contributed by atoms with E-state index in [-0.39, 0.29) is 22.6 Å². The van der Waals surface area contributed by atoms with Gasteiger partial charge in [0.2, 0.25) is 5.91 Å². The van der Waals surface area contributed by atoms with Crippen LogP contribution in [0, 0.1) is 35.4 Å². The van der Waals surface area contributed by atoms with Crippen LogP contribution in [-0.4, -0.2) is 76.5 Å². The van der Waals surface area contributed by atoms with Gasteiger partial charge in [-0.3, -0.25) is 34.2 Å². The zero-order valence-electron chi connectivity index (χ0n) is 22.7. The molecule has 5 unspecified atom stereocenters. The van der Waals surface area contributed by atoms with Crippen LogP contribution >= 0.6 is 0 Å². The molecule has 0 bridgehead atoms. The summed E-state index contributed by atoms with van der Waals surface area (Å²) < 4.78 is 18.2. The third-order valence-corrected chi connectivity index (χ3v) is 8.61. The Hall–Kier alpha value is -4.49. The van der Waals surface area contributed by atoms with Crippen molar-refractivity contribution in [1.82, 2.24) is 4.90 Å². The predicted molar refractivity (Wildman–Crippen MR) is 142 cm³/mol. The lowest BCUT2D eigenvalue weighted by Gasteiger charge is -2.52. The van der Waals surface area contributed by atoms with Gasteiger partial charge in [0.25, 0.3) is 0 Å². The molecule has 220 valence electrons. The van der Waals surface area contributed by atoms with E-state index in [0.717, 1.165) is 12.1 Å². The number of carbonyl (C=O) groups is 6. The number of primary amides is 1. The highest BCUT2D eigenvalue weighted by Crippen LogP contribution is 2.53. The number of likely N-dealkylation sites (N-methyl/N-ethyl adjacent to an activating group) is 1. The van der Waals surface area contributed by atoms with Gasteiger partial charge in [0.05, 0.1) is 35.2 Å². The van der Waals surface area contributed by atoms with Gasteiger partial charge in [-0.2, -0.15) is 0 Å². The highest BCUT2D eigenvalue weighted by atomic mass is 19.1. The number of anilines is 1. The van der Waals surface area contributed by atoms with Crippen molar-refractivity contribution in [3.63, 3.8) is 0 Å². The number of ketones is 4. The van der Waals surface area contributed by atoms with Crippen molar-refractivity contribution in [3.8, 4) is 11.5 Å². The van der Waals surface area contributed by atoms with Crippen molar-refractivity contribution in [2.45, 2.75) is 25.0 Å². The van der Waals surface area contributed by atoms with Crippen molar-refractivity contribution >= 4 is 40.8 Å². The fourth-order valence-electron chi connectivity index (χ4n) is 6.82. The summed E-state index contributed by atoms with van der Waals surface area (Å²) >= 11 is 0. The second-order valence-corrected chi connectivity index (χ2v) is 11.1. The molecule has 3 aliphatic carbocycles. The van der Waals surface area contributed by atoms with E-state index < -0.39 is 94.4 Å². The molecule has 0 heterocycles. The van der Waals surface area contributed by atoms with E-state index in [0.29, 0.717) is 0 Å². The fourth-order valence-corrected chi connectivity index (χ4v) is 6.82. The highest BCUT2D eigenvalue weighted by molar-refractivity contribution is 6.29. The summed E-state index contributed by atoms with van der Waals surface area (Å²) in [5.74, 6) is -14.2. The zero-order valence-corrected chi connectivity index (χ0v) is 22.7. The Morgan fingerprint density at radius 2 is 1.60 bits per heavy atom. The molecule has 5 N–H and O–H groups in total. The Bertz CT molecular complexity index is 1540. The van der Waals surface area contributed by atoms with Crippen LogP contribution in [0.25, 0.3) is 0 Å². The Kier molecular flexibility index (Phi) is 7.19. The summed E-state index contributed by atoms with van der Waals surface area (Å²) in [6.07, 6.45) is -2.53. The molecule has 2 saturated carbocycles. The highest BCUT2D eigenvalue weighted by Gasteiger charge is 2.65. The van der Waals surface area contributed by atoms with E-state index in [1.807, 2.05) is 0 Å². The zero-order chi connectivity index (χ0) is 30.8. The molecule has 0 aromatic heterocycles. The average Bonchev–Trinajstić information content (AvgIpc) is 2.91. The van der Waals surface area contributed by atoms with Crippen LogP contribution < -0.4 is 15.8 Å². The summed E-state index contributed by atoms with van der Waals surface area (Å²) in [7, 11) is 3.02. The lowest BCUT2D eigenvalue weighted by molar-refractivity contribution is -0.167. The first-order valence-electron chi connectivity index (χ1n) is 13.2. The smallest absolute Gasteiger partial charge is 0.417 e. The normalized spacial score (nSPS) is 30.3. The molecule has 8 atom stereocenters. The number of hydrogen-bond acceptors (Lipinski definition) is 10. The molecule has 0 radical (unpaired) electrons. The van der Waals surface area contributed by atoms with Crippen LogP contribution in [-0.2, 0) is 19.2 Å². The van der Waals surface area contributed by atoms with Gasteiger partial charge in [0, 0.05) is 11.8 Å². The summed E-state index contributed by atoms with van der Waals surface area (Å²) in [5, 5.41) is 25.0. The number of phenolic OH excluding ortho intramolecular Hbond substituents is 1. The summed E-state index contributed by atoms with van der Waals surface area (Å²) in [6.45, 7) is 1.64. The van der Waals surface area contributed by atoms with Gasteiger partial charge in [0.1, 0.15) is 17.3 Å². The second-order valence-electron chi connectivity index (χ2n) is 11.1. The standard InChI is InChI=1S/C29H28FN3O9/c1-10-13-8-9-14(32-29(41)42-12-6-4-11(30)5-7-12)22(34)16(13)24(36)18-15(10)23(35)17-19(25(18)37)26(38)20(28(31)40)27(39)21(17)33(2)3/h4-10,15,17-21,23,34-35H,1-3H3,(H2,31,40)(H,32,41)/t10-,15?,17?,18?,19?,20?,21-,23-/m0/s1. The molecule has 2 aromatic rings. The minimum absolute atomic E-state index is 0.0103. The van der Waals surface area contributed by atoms with E-state index in [1.54, 1.807) is 6.92 Å². The number of nitrogens with one attached hydrogen (secondary N) is 1.